The van der Waals surface area contributed by atoms with Gasteiger partial charge in [0.25, 0.3) is 5.91 Å². The van der Waals surface area contributed by atoms with E-state index in [1.54, 1.807) is 16.1 Å². The Labute approximate surface area is 193 Å². The first-order valence-corrected chi connectivity index (χ1v) is 11.3. The zero-order chi connectivity index (χ0) is 22.8. The summed E-state index contributed by atoms with van der Waals surface area (Å²) in [7, 11) is 1.96. The average molecular weight is 442 g/mol. The van der Waals surface area contributed by atoms with Crippen molar-refractivity contribution in [2.75, 3.05) is 6.54 Å². The van der Waals surface area contributed by atoms with Crippen LogP contribution in [0.3, 0.4) is 0 Å². The topological polar surface area (TPSA) is 58.7 Å². The zero-order valence-electron chi connectivity index (χ0n) is 18.7. The van der Waals surface area contributed by atoms with Gasteiger partial charge in [0.05, 0.1) is 19.4 Å². The highest BCUT2D eigenvalue weighted by molar-refractivity contribution is 6.08. The molecule has 1 saturated carbocycles. The summed E-state index contributed by atoms with van der Waals surface area (Å²) in [5.74, 6) is 0.545. The molecule has 1 aliphatic carbocycles. The molecule has 1 fully saturated rings. The molecule has 2 heterocycles. The third-order valence-electron chi connectivity index (χ3n) is 6.26. The van der Waals surface area contributed by atoms with Gasteiger partial charge in [-0.05, 0) is 53.9 Å². The third-order valence-corrected chi connectivity index (χ3v) is 6.26. The van der Waals surface area contributed by atoms with Gasteiger partial charge in [0.15, 0.2) is 0 Å². The summed E-state index contributed by atoms with van der Waals surface area (Å²) in [6.45, 7) is 0.861. The Hall–Kier alpha value is -3.80. The van der Waals surface area contributed by atoms with E-state index in [1.165, 1.54) is 0 Å². The van der Waals surface area contributed by atoms with E-state index in [1.807, 2.05) is 84.5 Å². The van der Waals surface area contributed by atoms with Gasteiger partial charge in [0.1, 0.15) is 12.3 Å². The van der Waals surface area contributed by atoms with E-state index in [0.717, 1.165) is 35.1 Å². The minimum absolute atomic E-state index is 0.0534. The third kappa shape index (κ3) is 4.55. The standard InChI is InChI=1S/C27H27N3O3/c1-28-15-5-9-22(28)17-29(18-23-10-6-16-33-23)26(31)19-30(21-13-14-21)27(32)25-12-4-8-20-7-2-3-11-24(20)25/h2-12,15-16,21H,13-14,17-19H2,1H3. The lowest BCUT2D eigenvalue weighted by Gasteiger charge is -2.28. The van der Waals surface area contributed by atoms with Crippen LogP contribution in [0.4, 0.5) is 0 Å². The molecule has 2 aromatic heterocycles. The van der Waals surface area contributed by atoms with Crippen molar-refractivity contribution in [2.45, 2.75) is 32.0 Å². The minimum atomic E-state index is -0.0897. The van der Waals surface area contributed by atoms with Crippen LogP contribution in [-0.2, 0) is 24.9 Å². The van der Waals surface area contributed by atoms with Crippen LogP contribution >= 0.6 is 0 Å². The molecule has 33 heavy (non-hydrogen) atoms. The molecule has 6 nitrogen and oxygen atoms in total. The summed E-state index contributed by atoms with van der Waals surface area (Å²) < 4.78 is 7.51. The van der Waals surface area contributed by atoms with Crippen molar-refractivity contribution >= 4 is 22.6 Å². The molecule has 0 spiro atoms. The number of benzene rings is 2. The van der Waals surface area contributed by atoms with Gasteiger partial charge < -0.3 is 18.8 Å². The van der Waals surface area contributed by atoms with Gasteiger partial charge in [-0.25, -0.2) is 0 Å². The van der Waals surface area contributed by atoms with Crippen molar-refractivity contribution in [1.82, 2.24) is 14.4 Å². The fraction of sp³-hybridized carbons (Fsp3) is 0.259. The van der Waals surface area contributed by atoms with Crippen LogP contribution in [0, 0.1) is 0 Å². The first kappa shape index (κ1) is 21.1. The second-order valence-electron chi connectivity index (χ2n) is 8.63. The largest absolute Gasteiger partial charge is 0.467 e. The first-order valence-electron chi connectivity index (χ1n) is 11.3. The van der Waals surface area contributed by atoms with Gasteiger partial charge in [-0.3, -0.25) is 9.59 Å². The Balaban J connectivity index is 1.40. The number of aryl methyl sites for hydroxylation is 1. The molecule has 0 unspecified atom stereocenters. The number of carbonyl (C=O) groups is 2. The van der Waals surface area contributed by atoms with Crippen molar-refractivity contribution in [3.05, 3.63) is 96.2 Å². The molecule has 2 amide bonds. The number of aromatic nitrogens is 1. The number of carbonyl (C=O) groups excluding carboxylic acids is 2. The molecule has 168 valence electrons. The highest BCUT2D eigenvalue weighted by atomic mass is 16.3. The normalized spacial score (nSPS) is 13.2. The fourth-order valence-electron chi connectivity index (χ4n) is 4.24. The highest BCUT2D eigenvalue weighted by Crippen LogP contribution is 2.30. The van der Waals surface area contributed by atoms with Crippen LogP contribution in [0.1, 0.15) is 34.7 Å². The maximum absolute atomic E-state index is 13.6. The summed E-state index contributed by atoms with van der Waals surface area (Å²) in [5.41, 5.74) is 1.67. The van der Waals surface area contributed by atoms with Crippen molar-refractivity contribution in [3.63, 3.8) is 0 Å². The van der Waals surface area contributed by atoms with Crippen molar-refractivity contribution in [1.29, 1.82) is 0 Å². The molecule has 0 atom stereocenters. The van der Waals surface area contributed by atoms with E-state index in [-0.39, 0.29) is 24.4 Å². The summed E-state index contributed by atoms with van der Waals surface area (Å²) in [5, 5.41) is 1.94. The highest BCUT2D eigenvalue weighted by Gasteiger charge is 2.36. The quantitative estimate of drug-likeness (QED) is 0.401. The average Bonchev–Trinajstić information content (AvgIpc) is 3.39. The molecule has 0 bridgehead atoms. The first-order chi connectivity index (χ1) is 16.1. The summed E-state index contributed by atoms with van der Waals surface area (Å²) in [6.07, 6.45) is 5.44. The molecule has 1 aliphatic rings. The van der Waals surface area contributed by atoms with Gasteiger partial charge in [-0.15, -0.1) is 0 Å². The summed E-state index contributed by atoms with van der Waals surface area (Å²) in [6, 6.07) is 21.4. The number of fused-ring (bicyclic) bond motifs is 1. The van der Waals surface area contributed by atoms with Gasteiger partial charge in [-0.2, -0.15) is 0 Å². The maximum atomic E-state index is 13.6. The Kier molecular flexibility index (Phi) is 5.73. The van der Waals surface area contributed by atoms with Crippen LogP contribution < -0.4 is 0 Å². The van der Waals surface area contributed by atoms with E-state index >= 15 is 0 Å². The van der Waals surface area contributed by atoms with Crippen LogP contribution in [0.15, 0.2) is 83.6 Å². The minimum Gasteiger partial charge on any atom is -0.467 e. The fourth-order valence-corrected chi connectivity index (χ4v) is 4.24. The van der Waals surface area contributed by atoms with Crippen molar-refractivity contribution < 1.29 is 14.0 Å². The lowest BCUT2D eigenvalue weighted by atomic mass is 10.0. The molecule has 0 aliphatic heterocycles. The van der Waals surface area contributed by atoms with Gasteiger partial charge >= 0.3 is 0 Å². The van der Waals surface area contributed by atoms with Crippen LogP contribution in [0.25, 0.3) is 10.8 Å². The number of amides is 2. The SMILES string of the molecule is Cn1cccc1CN(Cc1ccco1)C(=O)CN(C(=O)c1cccc2ccccc12)C1CC1. The van der Waals surface area contributed by atoms with E-state index in [2.05, 4.69) is 0 Å². The lowest BCUT2D eigenvalue weighted by molar-refractivity contribution is -0.133. The number of nitrogens with zero attached hydrogens (tertiary/aromatic N) is 3. The number of rotatable bonds is 8. The lowest BCUT2D eigenvalue weighted by Crippen LogP contribution is -2.43. The Morgan fingerprint density at radius 3 is 2.52 bits per heavy atom. The molecular weight excluding hydrogens is 414 g/mol. The molecular formula is C27H27N3O3. The summed E-state index contributed by atoms with van der Waals surface area (Å²) >= 11 is 0. The Bertz CT molecular complexity index is 1270. The second kappa shape index (κ2) is 8.98. The predicted molar refractivity (Wildman–Crippen MR) is 126 cm³/mol. The van der Waals surface area contributed by atoms with Crippen LogP contribution in [0.2, 0.25) is 0 Å². The molecule has 2 aromatic carbocycles. The van der Waals surface area contributed by atoms with Crippen molar-refractivity contribution in [2.24, 2.45) is 7.05 Å². The zero-order valence-corrected chi connectivity index (χ0v) is 18.7. The Morgan fingerprint density at radius 1 is 0.970 bits per heavy atom. The number of hydrogen-bond acceptors (Lipinski definition) is 3. The van der Waals surface area contributed by atoms with Crippen LogP contribution in [0.5, 0.6) is 0 Å². The molecule has 4 aromatic rings. The Morgan fingerprint density at radius 2 is 1.79 bits per heavy atom. The monoisotopic (exact) mass is 441 g/mol. The molecule has 0 saturated heterocycles. The molecule has 0 N–H and O–H groups in total. The van der Waals surface area contributed by atoms with Gasteiger partial charge in [-0.1, -0.05) is 36.4 Å². The predicted octanol–water partition coefficient (Wildman–Crippen LogP) is 4.60. The smallest absolute Gasteiger partial charge is 0.255 e. The maximum Gasteiger partial charge on any atom is 0.255 e. The van der Waals surface area contributed by atoms with E-state index in [9.17, 15) is 9.59 Å². The van der Waals surface area contributed by atoms with Crippen molar-refractivity contribution in [3.8, 4) is 0 Å². The number of hydrogen-bond donors (Lipinski definition) is 0. The summed E-state index contributed by atoms with van der Waals surface area (Å²) in [4.78, 5) is 30.7. The number of furan rings is 1. The molecule has 5 rings (SSSR count). The van der Waals surface area contributed by atoms with Gasteiger partial charge in [0.2, 0.25) is 5.91 Å². The van der Waals surface area contributed by atoms with E-state index < -0.39 is 0 Å². The van der Waals surface area contributed by atoms with Crippen LogP contribution in [-0.4, -0.2) is 38.8 Å². The molecule has 6 heteroatoms. The molecule has 0 radical (unpaired) electrons. The van der Waals surface area contributed by atoms with Gasteiger partial charge in [0, 0.05) is 30.5 Å². The second-order valence-corrected chi connectivity index (χ2v) is 8.63. The van der Waals surface area contributed by atoms with E-state index in [0.29, 0.717) is 18.7 Å². The van der Waals surface area contributed by atoms with E-state index in [4.69, 9.17) is 4.42 Å².